The Balaban J connectivity index is 1.98. The number of aromatic nitrogens is 1. The summed E-state index contributed by atoms with van der Waals surface area (Å²) in [5, 5.41) is 11.3. The van der Waals surface area contributed by atoms with Gasteiger partial charge in [-0.3, -0.25) is 20.1 Å². The highest BCUT2D eigenvalue weighted by atomic mass is 79.9. The average Bonchev–Trinajstić information content (AvgIpc) is 2.62. The number of hydrogen-bond donors (Lipinski definition) is 1. The second-order valence-corrected chi connectivity index (χ2v) is 7.60. The summed E-state index contributed by atoms with van der Waals surface area (Å²) in [6.45, 7) is 2.02. The van der Waals surface area contributed by atoms with Gasteiger partial charge in [-0.2, -0.15) is 0 Å². The van der Waals surface area contributed by atoms with Gasteiger partial charge < -0.3 is 0 Å². The summed E-state index contributed by atoms with van der Waals surface area (Å²) >= 11 is 4.96. The van der Waals surface area contributed by atoms with Crippen LogP contribution in [0.5, 0.6) is 0 Å². The van der Waals surface area contributed by atoms with E-state index in [1.165, 1.54) is 11.8 Å². The van der Waals surface area contributed by atoms with Crippen molar-refractivity contribution < 1.29 is 4.79 Å². The van der Waals surface area contributed by atoms with E-state index in [0.717, 1.165) is 26.4 Å². The van der Waals surface area contributed by atoms with Gasteiger partial charge in [-0.05, 0) is 30.0 Å². The summed E-state index contributed by atoms with van der Waals surface area (Å²) in [4.78, 5) is 21.8. The summed E-state index contributed by atoms with van der Waals surface area (Å²) in [5.41, 5.74) is 1.38. The molecule has 6 nitrogen and oxygen atoms in total. The van der Waals surface area contributed by atoms with Gasteiger partial charge in [0.2, 0.25) is 0 Å². The summed E-state index contributed by atoms with van der Waals surface area (Å²) in [6, 6.07) is 9.52. The molecular formula is C17H14BrN5OS. The van der Waals surface area contributed by atoms with E-state index < -0.39 is 6.17 Å². The predicted octanol–water partition coefficient (Wildman–Crippen LogP) is 1.74. The minimum Gasteiger partial charge on any atom is -0.298 e. The van der Waals surface area contributed by atoms with E-state index in [9.17, 15) is 4.79 Å². The van der Waals surface area contributed by atoms with Gasteiger partial charge in [-0.25, -0.2) is 5.01 Å². The minimum absolute atomic E-state index is 0.172. The van der Waals surface area contributed by atoms with Crippen LogP contribution in [0.1, 0.15) is 18.7 Å². The first-order valence-corrected chi connectivity index (χ1v) is 9.55. The number of rotatable bonds is 2. The van der Waals surface area contributed by atoms with Crippen LogP contribution >= 0.6 is 27.7 Å². The van der Waals surface area contributed by atoms with Crippen molar-refractivity contribution in [2.24, 2.45) is 10.1 Å². The second-order valence-electron chi connectivity index (χ2n) is 5.44. The average molecular weight is 416 g/mol. The Bertz CT molecular complexity index is 992. The minimum atomic E-state index is -0.420. The third-order valence-electron chi connectivity index (χ3n) is 3.83. The first-order valence-electron chi connectivity index (χ1n) is 7.77. The Kier molecular flexibility index (Phi) is 4.30. The molecule has 0 spiro atoms. The number of amides is 1. The summed E-state index contributed by atoms with van der Waals surface area (Å²) in [7, 11) is 0. The van der Waals surface area contributed by atoms with E-state index in [2.05, 4.69) is 31.3 Å². The first kappa shape index (κ1) is 16.3. The quantitative estimate of drug-likeness (QED) is 0.810. The van der Waals surface area contributed by atoms with Crippen LogP contribution in [0.25, 0.3) is 5.70 Å². The third kappa shape index (κ3) is 2.96. The van der Waals surface area contributed by atoms with Gasteiger partial charge >= 0.3 is 0 Å². The number of nitrogens with one attached hydrogen (secondary N) is 1. The lowest BCUT2D eigenvalue weighted by Crippen LogP contribution is -2.50. The molecule has 1 aromatic heterocycles. The van der Waals surface area contributed by atoms with E-state index in [0.29, 0.717) is 10.9 Å². The lowest BCUT2D eigenvalue weighted by molar-refractivity contribution is -0.116. The Hall–Kier alpha value is -2.19. The fourth-order valence-corrected chi connectivity index (χ4v) is 3.74. The molecule has 0 aliphatic carbocycles. The maximum absolute atomic E-state index is 12.8. The van der Waals surface area contributed by atoms with Gasteiger partial charge in [0.05, 0.1) is 5.36 Å². The highest BCUT2D eigenvalue weighted by Crippen LogP contribution is 2.30. The van der Waals surface area contributed by atoms with Crippen LogP contribution in [0.15, 0.2) is 57.3 Å². The molecule has 0 saturated carbocycles. The topological polar surface area (TPSA) is 70.0 Å². The molecular weight excluding hydrogens is 402 g/mol. The number of carbonyl (C=O) groups is 1. The SMILES string of the molecule is CCSC1=NN2C(=c3cc(Br)ccc3=N[C@@H]2c2cccnc2)C(=O)N1. The number of hydrogen-bond acceptors (Lipinski definition) is 6. The molecule has 2 aliphatic rings. The van der Waals surface area contributed by atoms with Crippen LogP contribution in [-0.2, 0) is 4.79 Å². The molecule has 1 N–H and O–H groups in total. The van der Waals surface area contributed by atoms with Crippen LogP contribution in [0.3, 0.4) is 0 Å². The van der Waals surface area contributed by atoms with Gasteiger partial charge in [0, 0.05) is 27.6 Å². The molecule has 0 unspecified atom stereocenters. The van der Waals surface area contributed by atoms with E-state index in [1.807, 2.05) is 37.3 Å². The number of carbonyl (C=O) groups excluding carboxylic acids is 1. The first-order chi connectivity index (χ1) is 12.2. The van der Waals surface area contributed by atoms with Crippen LogP contribution < -0.4 is 15.9 Å². The highest BCUT2D eigenvalue weighted by molar-refractivity contribution is 9.10. The van der Waals surface area contributed by atoms with Gasteiger partial charge in [0.25, 0.3) is 5.91 Å². The van der Waals surface area contributed by atoms with Crippen molar-refractivity contribution in [1.82, 2.24) is 15.3 Å². The Morgan fingerprint density at radius 2 is 2.24 bits per heavy atom. The fraction of sp³-hybridized carbons (Fsp3) is 0.176. The normalized spacial score (nSPS) is 18.7. The zero-order chi connectivity index (χ0) is 17.4. The van der Waals surface area contributed by atoms with Crippen molar-refractivity contribution in [3.8, 4) is 0 Å². The highest BCUT2D eigenvalue weighted by Gasteiger charge is 2.34. The Morgan fingerprint density at radius 3 is 3.00 bits per heavy atom. The summed E-state index contributed by atoms with van der Waals surface area (Å²) in [5.74, 6) is 0.646. The molecule has 1 atom stereocenters. The molecule has 1 aromatic carbocycles. The Morgan fingerprint density at radius 1 is 1.36 bits per heavy atom. The Labute approximate surface area is 156 Å². The molecule has 0 saturated heterocycles. The molecule has 25 heavy (non-hydrogen) atoms. The number of fused-ring (bicyclic) bond motifs is 2. The summed E-state index contributed by atoms with van der Waals surface area (Å²) < 4.78 is 0.888. The van der Waals surface area contributed by atoms with Gasteiger partial charge in [0.1, 0.15) is 5.70 Å². The van der Waals surface area contributed by atoms with Crippen molar-refractivity contribution in [3.05, 3.63) is 63.3 Å². The maximum atomic E-state index is 12.8. The molecule has 3 heterocycles. The lowest BCUT2D eigenvalue weighted by Gasteiger charge is -2.33. The van der Waals surface area contributed by atoms with Crippen LogP contribution in [0, 0.1) is 0 Å². The van der Waals surface area contributed by atoms with E-state index in [4.69, 9.17) is 4.99 Å². The molecule has 8 heteroatoms. The van der Waals surface area contributed by atoms with Crippen LogP contribution in [0.2, 0.25) is 0 Å². The summed E-state index contributed by atoms with van der Waals surface area (Å²) in [6.07, 6.45) is 3.05. The van der Waals surface area contributed by atoms with Crippen molar-refractivity contribution in [2.75, 3.05) is 5.75 Å². The van der Waals surface area contributed by atoms with Crippen LogP contribution in [-0.4, -0.2) is 26.8 Å². The number of benzene rings is 1. The third-order valence-corrected chi connectivity index (χ3v) is 5.07. The van der Waals surface area contributed by atoms with Crippen molar-refractivity contribution in [3.63, 3.8) is 0 Å². The maximum Gasteiger partial charge on any atom is 0.276 e. The molecule has 1 amide bonds. The standard InChI is InChI=1S/C17H14BrN5OS/c1-2-25-17-21-16(24)14-12-8-11(18)5-6-13(12)20-15(23(14)22-17)10-4-3-7-19-9-10/h3-9,15H,2H2,1H3,(H,21,22,24)/t15-/m0/s1. The van der Waals surface area contributed by atoms with Crippen molar-refractivity contribution in [1.29, 1.82) is 0 Å². The number of halogens is 1. The molecule has 2 aliphatic heterocycles. The molecule has 126 valence electrons. The van der Waals surface area contributed by atoms with E-state index >= 15 is 0 Å². The number of nitrogens with zero attached hydrogens (tertiary/aromatic N) is 4. The number of hydrazone groups is 1. The molecule has 0 radical (unpaired) electrons. The lowest BCUT2D eigenvalue weighted by atomic mass is 10.1. The zero-order valence-corrected chi connectivity index (χ0v) is 15.7. The van der Waals surface area contributed by atoms with E-state index in [-0.39, 0.29) is 5.91 Å². The van der Waals surface area contributed by atoms with Gasteiger partial charge in [-0.1, -0.05) is 40.7 Å². The number of pyridine rings is 1. The second kappa shape index (κ2) is 6.61. The largest absolute Gasteiger partial charge is 0.298 e. The van der Waals surface area contributed by atoms with Gasteiger partial charge in [-0.15, -0.1) is 5.10 Å². The van der Waals surface area contributed by atoms with Crippen molar-refractivity contribution >= 4 is 44.5 Å². The van der Waals surface area contributed by atoms with E-state index in [1.54, 1.807) is 17.4 Å². The number of amidine groups is 1. The fourth-order valence-electron chi connectivity index (χ4n) is 2.80. The zero-order valence-electron chi connectivity index (χ0n) is 13.3. The molecule has 4 rings (SSSR count). The predicted molar refractivity (Wildman–Crippen MR) is 101 cm³/mol. The number of thioether (sulfide) groups is 1. The monoisotopic (exact) mass is 415 g/mol. The molecule has 0 fully saturated rings. The molecule has 2 aromatic rings. The van der Waals surface area contributed by atoms with Gasteiger partial charge in [0.15, 0.2) is 11.3 Å². The molecule has 0 bridgehead atoms. The van der Waals surface area contributed by atoms with Crippen molar-refractivity contribution in [2.45, 2.75) is 13.1 Å². The van der Waals surface area contributed by atoms with Crippen LogP contribution in [0.4, 0.5) is 0 Å². The smallest absolute Gasteiger partial charge is 0.276 e.